The van der Waals surface area contributed by atoms with Crippen LogP contribution in [0.4, 0.5) is 33.3 Å². The summed E-state index contributed by atoms with van der Waals surface area (Å²) in [7, 11) is 0. The highest BCUT2D eigenvalue weighted by Gasteiger charge is 2.29. The molecule has 164 valence electrons. The van der Waals surface area contributed by atoms with Crippen LogP contribution in [0.5, 0.6) is 0 Å². The number of hydrogen-bond donors (Lipinski definition) is 2. The summed E-state index contributed by atoms with van der Waals surface area (Å²) in [5.41, 5.74) is 7.83. The molecule has 2 aromatic carbocycles. The minimum absolute atomic E-state index is 0.0968. The highest BCUT2D eigenvalue weighted by molar-refractivity contribution is 5.93. The summed E-state index contributed by atoms with van der Waals surface area (Å²) in [6.45, 7) is -1.01. The Hall–Kier alpha value is -2.64. The van der Waals surface area contributed by atoms with Crippen molar-refractivity contribution in [1.29, 1.82) is 0 Å². The maximum absolute atomic E-state index is 12.8. The molecule has 1 amide bonds. The summed E-state index contributed by atoms with van der Waals surface area (Å²) in [4.78, 5) is 12.0. The smallest absolute Gasteiger partial charge is 0.397 e. The second-order valence-electron chi connectivity index (χ2n) is 7.16. The van der Waals surface area contributed by atoms with E-state index in [0.717, 1.165) is 23.3 Å². The SMILES string of the molecule is Nc1cc(CCc2ccc(C(F)(F)F)cc2)ccc1NC(=O)CCCCC(F)CF. The third kappa shape index (κ3) is 7.65. The van der Waals surface area contributed by atoms with E-state index in [9.17, 15) is 26.7 Å². The molecule has 8 heteroatoms. The highest BCUT2D eigenvalue weighted by Crippen LogP contribution is 2.29. The van der Waals surface area contributed by atoms with Crippen molar-refractivity contribution in [1.82, 2.24) is 0 Å². The fourth-order valence-corrected chi connectivity index (χ4v) is 2.97. The lowest BCUT2D eigenvalue weighted by Crippen LogP contribution is -2.13. The number of carbonyl (C=O) groups is 1. The quantitative estimate of drug-likeness (QED) is 0.282. The third-order valence-electron chi connectivity index (χ3n) is 4.71. The summed E-state index contributed by atoms with van der Waals surface area (Å²) in [6.07, 6.45) is -3.52. The number of hydrogen-bond acceptors (Lipinski definition) is 2. The second kappa shape index (κ2) is 10.9. The number of nitrogen functional groups attached to an aromatic ring is 1. The molecule has 2 aromatic rings. The van der Waals surface area contributed by atoms with Crippen LogP contribution in [0, 0.1) is 0 Å². The zero-order chi connectivity index (χ0) is 22.1. The van der Waals surface area contributed by atoms with Crippen molar-refractivity contribution in [2.75, 3.05) is 17.7 Å². The van der Waals surface area contributed by atoms with Gasteiger partial charge in [0.1, 0.15) is 12.8 Å². The van der Waals surface area contributed by atoms with Crippen molar-refractivity contribution in [3.63, 3.8) is 0 Å². The van der Waals surface area contributed by atoms with Gasteiger partial charge in [-0.25, -0.2) is 8.78 Å². The Labute approximate surface area is 172 Å². The van der Waals surface area contributed by atoms with Crippen molar-refractivity contribution in [2.45, 2.75) is 50.9 Å². The molecular weight excluding hydrogens is 403 g/mol. The molecule has 1 unspecified atom stereocenters. The molecule has 0 spiro atoms. The molecule has 3 N–H and O–H groups in total. The normalized spacial score (nSPS) is 12.6. The number of nitrogens with one attached hydrogen (secondary N) is 1. The Morgan fingerprint density at radius 1 is 1.00 bits per heavy atom. The van der Waals surface area contributed by atoms with Crippen LogP contribution in [0.1, 0.15) is 42.4 Å². The first kappa shape index (κ1) is 23.6. The van der Waals surface area contributed by atoms with E-state index in [2.05, 4.69) is 5.32 Å². The Bertz CT molecular complexity index is 821. The molecule has 0 heterocycles. The van der Waals surface area contributed by atoms with Gasteiger partial charge < -0.3 is 11.1 Å². The maximum atomic E-state index is 12.8. The molecule has 0 bridgehead atoms. The molecule has 0 saturated carbocycles. The summed E-state index contributed by atoms with van der Waals surface area (Å²) in [6, 6.07) is 10.2. The van der Waals surface area contributed by atoms with Crippen LogP contribution < -0.4 is 11.1 Å². The lowest BCUT2D eigenvalue weighted by molar-refractivity contribution is -0.137. The predicted octanol–water partition coefficient (Wildman–Crippen LogP) is 5.88. The number of anilines is 2. The number of carbonyl (C=O) groups excluding carboxylic acids is 1. The van der Waals surface area contributed by atoms with Crippen molar-refractivity contribution in [3.05, 3.63) is 59.2 Å². The van der Waals surface area contributed by atoms with Gasteiger partial charge >= 0.3 is 6.18 Å². The van der Waals surface area contributed by atoms with E-state index in [4.69, 9.17) is 5.73 Å². The zero-order valence-electron chi connectivity index (χ0n) is 16.4. The van der Waals surface area contributed by atoms with Gasteiger partial charge in [0.2, 0.25) is 5.91 Å². The van der Waals surface area contributed by atoms with E-state index < -0.39 is 24.6 Å². The van der Waals surface area contributed by atoms with E-state index in [-0.39, 0.29) is 18.7 Å². The zero-order valence-corrected chi connectivity index (χ0v) is 16.4. The van der Waals surface area contributed by atoms with Crippen molar-refractivity contribution in [3.8, 4) is 0 Å². The summed E-state index contributed by atoms with van der Waals surface area (Å²) >= 11 is 0. The van der Waals surface area contributed by atoms with Crippen LogP contribution in [0.2, 0.25) is 0 Å². The highest BCUT2D eigenvalue weighted by atomic mass is 19.4. The number of amides is 1. The molecule has 0 fully saturated rings. The number of nitrogens with two attached hydrogens (primary N) is 1. The average molecular weight is 428 g/mol. The van der Waals surface area contributed by atoms with E-state index in [1.54, 1.807) is 18.2 Å². The standard InChI is InChI=1S/C22H25F5N2O/c23-14-18(24)3-1-2-4-21(30)29-20-12-9-16(13-19(20)28)6-5-15-7-10-17(11-8-15)22(25,26)27/h7-13,18H,1-6,14,28H2,(H,29,30). The topological polar surface area (TPSA) is 55.1 Å². The lowest BCUT2D eigenvalue weighted by atomic mass is 10.0. The second-order valence-corrected chi connectivity index (χ2v) is 7.16. The molecular formula is C22H25F5N2O. The number of rotatable bonds is 10. The first-order chi connectivity index (χ1) is 14.2. The molecule has 0 aliphatic rings. The van der Waals surface area contributed by atoms with E-state index in [1.807, 2.05) is 0 Å². The van der Waals surface area contributed by atoms with Gasteiger partial charge in [-0.05, 0) is 67.5 Å². The molecule has 1 atom stereocenters. The fourth-order valence-electron chi connectivity index (χ4n) is 2.97. The number of halogens is 5. The molecule has 0 radical (unpaired) electrons. The summed E-state index contributed by atoms with van der Waals surface area (Å²) < 4.78 is 62.6. The van der Waals surface area contributed by atoms with Crippen LogP contribution in [0.15, 0.2) is 42.5 Å². The minimum atomic E-state index is -4.35. The first-order valence-electron chi connectivity index (χ1n) is 9.73. The number of benzene rings is 2. The summed E-state index contributed by atoms with van der Waals surface area (Å²) in [5.74, 6) is -0.255. The van der Waals surface area contributed by atoms with Gasteiger partial charge in [-0.3, -0.25) is 4.79 Å². The number of aryl methyl sites for hydroxylation is 2. The minimum Gasteiger partial charge on any atom is -0.397 e. The molecule has 0 aromatic heterocycles. The fraction of sp³-hybridized carbons (Fsp3) is 0.409. The third-order valence-corrected chi connectivity index (χ3v) is 4.71. The number of unbranched alkanes of at least 4 members (excludes halogenated alkanes) is 1. The monoisotopic (exact) mass is 428 g/mol. The van der Waals surface area contributed by atoms with E-state index in [1.165, 1.54) is 12.1 Å². The Kier molecular flexibility index (Phi) is 8.62. The van der Waals surface area contributed by atoms with Crippen molar-refractivity contribution >= 4 is 17.3 Å². The Balaban J connectivity index is 1.82. The van der Waals surface area contributed by atoms with E-state index >= 15 is 0 Å². The van der Waals surface area contributed by atoms with Gasteiger partial charge in [0, 0.05) is 6.42 Å². The van der Waals surface area contributed by atoms with Crippen LogP contribution in [0.25, 0.3) is 0 Å². The number of alkyl halides is 5. The molecule has 2 rings (SSSR count). The molecule has 0 saturated heterocycles. The molecule has 0 aliphatic carbocycles. The largest absolute Gasteiger partial charge is 0.416 e. The molecule has 30 heavy (non-hydrogen) atoms. The van der Waals surface area contributed by atoms with Gasteiger partial charge in [-0.2, -0.15) is 13.2 Å². The maximum Gasteiger partial charge on any atom is 0.416 e. The van der Waals surface area contributed by atoms with Crippen molar-refractivity contribution in [2.24, 2.45) is 0 Å². The van der Waals surface area contributed by atoms with Gasteiger partial charge in [0.15, 0.2) is 0 Å². The van der Waals surface area contributed by atoms with Gasteiger partial charge in [0.25, 0.3) is 0 Å². The van der Waals surface area contributed by atoms with Gasteiger partial charge in [-0.1, -0.05) is 18.2 Å². The van der Waals surface area contributed by atoms with Crippen molar-refractivity contribution < 1.29 is 26.7 Å². The van der Waals surface area contributed by atoms with Gasteiger partial charge in [-0.15, -0.1) is 0 Å². The van der Waals surface area contributed by atoms with E-state index in [0.29, 0.717) is 37.1 Å². The Morgan fingerprint density at radius 3 is 2.23 bits per heavy atom. The van der Waals surface area contributed by atoms with Crippen LogP contribution in [-0.2, 0) is 23.8 Å². The van der Waals surface area contributed by atoms with Crippen LogP contribution in [-0.4, -0.2) is 18.8 Å². The molecule has 0 aliphatic heterocycles. The average Bonchev–Trinajstić information content (AvgIpc) is 2.71. The van der Waals surface area contributed by atoms with Crippen LogP contribution >= 0.6 is 0 Å². The predicted molar refractivity (Wildman–Crippen MR) is 108 cm³/mol. The Morgan fingerprint density at radius 2 is 1.63 bits per heavy atom. The lowest BCUT2D eigenvalue weighted by Gasteiger charge is -2.11. The van der Waals surface area contributed by atoms with Gasteiger partial charge in [0.05, 0.1) is 16.9 Å². The van der Waals surface area contributed by atoms with Crippen LogP contribution in [0.3, 0.4) is 0 Å². The first-order valence-corrected chi connectivity index (χ1v) is 9.73. The summed E-state index contributed by atoms with van der Waals surface area (Å²) in [5, 5.41) is 2.70. The molecule has 3 nitrogen and oxygen atoms in total.